The van der Waals surface area contributed by atoms with Crippen molar-refractivity contribution in [3.63, 3.8) is 0 Å². The molecule has 0 saturated carbocycles. The van der Waals surface area contributed by atoms with Gasteiger partial charge >= 0.3 is 0 Å². The average Bonchev–Trinajstić information content (AvgIpc) is 3.06. The molecule has 0 saturated heterocycles. The van der Waals surface area contributed by atoms with E-state index in [0.29, 0.717) is 36.6 Å². The number of hydrogen-bond donors (Lipinski definition) is 1. The maximum absolute atomic E-state index is 11.9. The molecule has 0 aliphatic carbocycles. The van der Waals surface area contributed by atoms with E-state index in [-0.39, 0.29) is 5.91 Å². The van der Waals surface area contributed by atoms with E-state index < -0.39 is 0 Å². The molecule has 0 unspecified atom stereocenters. The zero-order valence-corrected chi connectivity index (χ0v) is 14.4. The Labute approximate surface area is 140 Å². The van der Waals surface area contributed by atoms with Crippen LogP contribution in [0.2, 0.25) is 0 Å². The lowest BCUT2D eigenvalue weighted by Crippen LogP contribution is -2.27. The molecule has 2 rings (SSSR count). The highest BCUT2D eigenvalue weighted by molar-refractivity contribution is 7.10. The minimum Gasteiger partial charge on any atom is -0.497 e. The number of amides is 1. The molecule has 0 fully saturated rings. The van der Waals surface area contributed by atoms with Crippen molar-refractivity contribution >= 4 is 17.2 Å². The van der Waals surface area contributed by atoms with Gasteiger partial charge in [-0.3, -0.25) is 4.79 Å². The molecule has 1 heterocycles. The number of benzene rings is 1. The second-order valence-corrected chi connectivity index (χ2v) is 5.91. The number of carbonyl (C=O) groups excluding carboxylic acids is 1. The predicted molar refractivity (Wildman–Crippen MR) is 90.8 cm³/mol. The molecule has 124 valence electrons. The fourth-order valence-corrected chi connectivity index (χ4v) is 2.99. The molecule has 0 atom stereocenters. The van der Waals surface area contributed by atoms with Gasteiger partial charge in [0.25, 0.3) is 0 Å². The normalized spacial score (nSPS) is 10.2. The summed E-state index contributed by atoms with van der Waals surface area (Å²) in [6.07, 6.45) is 1.04. The van der Waals surface area contributed by atoms with Crippen LogP contribution in [-0.4, -0.2) is 33.8 Å². The molecule has 1 amide bonds. The highest BCUT2D eigenvalue weighted by Crippen LogP contribution is 2.35. The molecule has 23 heavy (non-hydrogen) atoms. The van der Waals surface area contributed by atoms with Gasteiger partial charge in [-0.1, -0.05) is 6.07 Å². The lowest BCUT2D eigenvalue weighted by molar-refractivity contribution is -0.120. The van der Waals surface area contributed by atoms with Gasteiger partial charge in [-0.2, -0.15) is 0 Å². The number of thiophene rings is 1. The lowest BCUT2D eigenvalue weighted by Gasteiger charge is -2.15. The van der Waals surface area contributed by atoms with Crippen LogP contribution in [0.15, 0.2) is 29.6 Å². The Morgan fingerprint density at radius 3 is 2.61 bits per heavy atom. The molecule has 1 aromatic carbocycles. The first-order valence-electron chi connectivity index (χ1n) is 7.26. The largest absolute Gasteiger partial charge is 0.497 e. The van der Waals surface area contributed by atoms with Gasteiger partial charge in [-0.25, -0.2) is 0 Å². The topological polar surface area (TPSA) is 56.8 Å². The molecular weight excluding hydrogens is 314 g/mol. The molecule has 6 heteroatoms. The van der Waals surface area contributed by atoms with E-state index >= 15 is 0 Å². The van der Waals surface area contributed by atoms with Crippen LogP contribution in [0, 0.1) is 0 Å². The van der Waals surface area contributed by atoms with E-state index in [9.17, 15) is 4.79 Å². The van der Waals surface area contributed by atoms with Gasteiger partial charge in [0, 0.05) is 23.1 Å². The zero-order valence-electron chi connectivity index (χ0n) is 13.5. The molecule has 1 aromatic heterocycles. The van der Waals surface area contributed by atoms with E-state index in [1.165, 1.54) is 0 Å². The summed E-state index contributed by atoms with van der Waals surface area (Å²) in [4.78, 5) is 13.0. The van der Waals surface area contributed by atoms with Crippen LogP contribution in [0.25, 0.3) is 0 Å². The molecule has 0 bridgehead atoms. The van der Waals surface area contributed by atoms with Crippen molar-refractivity contribution in [1.29, 1.82) is 0 Å². The summed E-state index contributed by atoms with van der Waals surface area (Å²) < 4.78 is 16.0. The summed E-state index contributed by atoms with van der Waals surface area (Å²) in [5.41, 5.74) is 0.931. The van der Waals surface area contributed by atoms with E-state index in [4.69, 9.17) is 14.2 Å². The first-order chi connectivity index (χ1) is 11.2. The van der Waals surface area contributed by atoms with E-state index in [2.05, 4.69) is 5.32 Å². The van der Waals surface area contributed by atoms with Gasteiger partial charge in [0.15, 0.2) is 11.5 Å². The van der Waals surface area contributed by atoms with E-state index in [0.717, 1.165) is 10.4 Å². The number of rotatable bonds is 8. The Hall–Kier alpha value is -2.21. The highest BCUT2D eigenvalue weighted by atomic mass is 32.1. The third-order valence-electron chi connectivity index (χ3n) is 3.40. The highest BCUT2D eigenvalue weighted by Gasteiger charge is 2.13. The van der Waals surface area contributed by atoms with Crippen LogP contribution in [-0.2, 0) is 17.6 Å². The number of ether oxygens (including phenoxy) is 3. The van der Waals surface area contributed by atoms with Crippen molar-refractivity contribution in [2.75, 3.05) is 27.9 Å². The minimum atomic E-state index is 0.0151. The Bertz CT molecular complexity index is 640. The van der Waals surface area contributed by atoms with Gasteiger partial charge < -0.3 is 19.5 Å². The lowest BCUT2D eigenvalue weighted by atomic mass is 10.1. The van der Waals surface area contributed by atoms with Gasteiger partial charge in [0.2, 0.25) is 5.91 Å². The maximum Gasteiger partial charge on any atom is 0.225 e. The van der Waals surface area contributed by atoms with Crippen LogP contribution >= 0.6 is 11.3 Å². The fourth-order valence-electron chi connectivity index (χ4n) is 2.29. The predicted octanol–water partition coefficient (Wildman–Crippen LogP) is 2.68. The first kappa shape index (κ1) is 17.1. The number of nitrogens with one attached hydrogen (secondary N) is 1. The molecule has 0 aliphatic rings. The van der Waals surface area contributed by atoms with E-state index in [1.54, 1.807) is 38.7 Å². The molecule has 0 spiro atoms. The van der Waals surface area contributed by atoms with Crippen molar-refractivity contribution in [2.24, 2.45) is 0 Å². The molecule has 0 aliphatic heterocycles. The van der Waals surface area contributed by atoms with Crippen LogP contribution < -0.4 is 19.5 Å². The third kappa shape index (κ3) is 4.63. The minimum absolute atomic E-state index is 0.0151. The summed E-state index contributed by atoms with van der Waals surface area (Å²) in [6.45, 7) is 0.525. The van der Waals surface area contributed by atoms with Crippen molar-refractivity contribution in [3.05, 3.63) is 40.1 Å². The smallest absolute Gasteiger partial charge is 0.225 e. The Morgan fingerprint density at radius 2 is 2.00 bits per heavy atom. The summed E-state index contributed by atoms with van der Waals surface area (Å²) in [5, 5.41) is 4.89. The van der Waals surface area contributed by atoms with Crippen molar-refractivity contribution in [3.8, 4) is 17.2 Å². The monoisotopic (exact) mass is 335 g/mol. The van der Waals surface area contributed by atoms with Crippen molar-refractivity contribution < 1.29 is 19.0 Å². The zero-order chi connectivity index (χ0) is 16.7. The van der Waals surface area contributed by atoms with Gasteiger partial charge in [-0.15, -0.1) is 11.3 Å². The molecule has 0 radical (unpaired) electrons. The molecule has 5 nitrogen and oxygen atoms in total. The van der Waals surface area contributed by atoms with Crippen LogP contribution in [0.1, 0.15) is 10.4 Å². The molecular formula is C17H21NO4S. The van der Waals surface area contributed by atoms with Gasteiger partial charge in [0.05, 0.1) is 27.8 Å². The second-order valence-electron chi connectivity index (χ2n) is 4.88. The van der Waals surface area contributed by atoms with Gasteiger partial charge in [-0.05, 0) is 23.9 Å². The fraction of sp³-hybridized carbons (Fsp3) is 0.353. The van der Waals surface area contributed by atoms with Crippen molar-refractivity contribution in [2.45, 2.75) is 12.8 Å². The summed E-state index contributed by atoms with van der Waals surface area (Å²) in [7, 11) is 4.79. The standard InChI is InChI=1S/C17H21NO4S/c1-20-13-9-12(17(22-3)15(10-13)21-2)6-7-18-16(19)11-14-5-4-8-23-14/h4-5,8-10H,6-7,11H2,1-3H3,(H,18,19). The second kappa shape index (κ2) is 8.43. The Morgan fingerprint density at radius 1 is 1.17 bits per heavy atom. The quantitative estimate of drug-likeness (QED) is 0.806. The SMILES string of the molecule is COc1cc(CCNC(=O)Cc2cccs2)c(OC)c(OC)c1. The third-order valence-corrected chi connectivity index (χ3v) is 4.27. The van der Waals surface area contributed by atoms with Crippen molar-refractivity contribution in [1.82, 2.24) is 5.32 Å². The Kier molecular flexibility index (Phi) is 6.29. The summed E-state index contributed by atoms with van der Waals surface area (Å²) >= 11 is 1.58. The Balaban J connectivity index is 1.97. The average molecular weight is 335 g/mol. The summed E-state index contributed by atoms with van der Waals surface area (Å²) in [5.74, 6) is 2.00. The van der Waals surface area contributed by atoms with Crippen LogP contribution in [0.3, 0.4) is 0 Å². The molecule has 2 aromatic rings. The number of hydrogen-bond acceptors (Lipinski definition) is 5. The number of carbonyl (C=O) groups is 1. The van der Waals surface area contributed by atoms with Gasteiger partial charge in [0.1, 0.15) is 5.75 Å². The van der Waals surface area contributed by atoms with Crippen LogP contribution in [0.5, 0.6) is 17.2 Å². The van der Waals surface area contributed by atoms with E-state index in [1.807, 2.05) is 23.6 Å². The maximum atomic E-state index is 11.9. The summed E-state index contributed by atoms with van der Waals surface area (Å²) in [6, 6.07) is 7.57. The molecule has 1 N–H and O–H groups in total. The van der Waals surface area contributed by atoms with Crippen LogP contribution in [0.4, 0.5) is 0 Å². The number of methoxy groups -OCH3 is 3. The first-order valence-corrected chi connectivity index (χ1v) is 8.13.